The Balaban J connectivity index is 2.33. The lowest BCUT2D eigenvalue weighted by atomic mass is 10.2. The van der Waals surface area contributed by atoms with Gasteiger partial charge in [0.25, 0.3) is 0 Å². The fraction of sp³-hybridized carbons (Fsp3) is 0.267. The predicted molar refractivity (Wildman–Crippen MR) is 79.8 cm³/mol. The van der Waals surface area contributed by atoms with Gasteiger partial charge in [-0.15, -0.1) is 5.11 Å². The van der Waals surface area contributed by atoms with Crippen LogP contribution in [0.1, 0.15) is 11.1 Å². The fourth-order valence-electron chi connectivity index (χ4n) is 1.78. The van der Waals surface area contributed by atoms with E-state index in [1.54, 1.807) is 6.07 Å². The zero-order valence-corrected chi connectivity index (χ0v) is 12.2. The van der Waals surface area contributed by atoms with Gasteiger partial charge in [-0.05, 0) is 31.5 Å². The van der Waals surface area contributed by atoms with Crippen LogP contribution in [0.5, 0.6) is 0 Å². The maximum atomic E-state index is 11.1. The molecule has 0 atom stereocenters. The number of pyridine rings is 1. The van der Waals surface area contributed by atoms with Crippen molar-refractivity contribution in [1.82, 2.24) is 0 Å². The molecule has 1 heterocycles. The van der Waals surface area contributed by atoms with Crippen molar-refractivity contribution in [2.45, 2.75) is 13.8 Å². The molecule has 5 heteroatoms. The average Bonchev–Trinajstić information content (AvgIpc) is 2.39. The number of benzene rings is 1. The maximum Gasteiger partial charge on any atom is 0.185 e. The van der Waals surface area contributed by atoms with E-state index in [9.17, 15) is 5.21 Å². The SMILES string of the molecule is Cc1c[n+]([O-])ccc1N=Nc1cc(N(C)C)ccc1C. The molecule has 0 aliphatic rings. The molecule has 0 aliphatic carbocycles. The molecule has 1 aromatic heterocycles. The van der Waals surface area contributed by atoms with Crippen molar-refractivity contribution < 1.29 is 4.73 Å². The first-order valence-corrected chi connectivity index (χ1v) is 6.36. The summed E-state index contributed by atoms with van der Waals surface area (Å²) < 4.78 is 0.756. The van der Waals surface area contributed by atoms with Gasteiger partial charge in [0.05, 0.1) is 5.69 Å². The smallest absolute Gasteiger partial charge is 0.185 e. The van der Waals surface area contributed by atoms with E-state index in [-0.39, 0.29) is 0 Å². The van der Waals surface area contributed by atoms with Gasteiger partial charge in [-0.25, -0.2) is 0 Å². The second-order valence-electron chi connectivity index (χ2n) is 4.94. The largest absolute Gasteiger partial charge is 0.619 e. The molecule has 0 amide bonds. The number of anilines is 1. The summed E-state index contributed by atoms with van der Waals surface area (Å²) in [6.07, 6.45) is 2.90. The van der Waals surface area contributed by atoms with Crippen LogP contribution in [0.4, 0.5) is 17.1 Å². The van der Waals surface area contributed by atoms with E-state index >= 15 is 0 Å². The van der Waals surface area contributed by atoms with E-state index in [2.05, 4.69) is 10.2 Å². The third kappa shape index (κ3) is 3.12. The zero-order chi connectivity index (χ0) is 14.7. The Morgan fingerprint density at radius 2 is 1.70 bits per heavy atom. The molecule has 0 radical (unpaired) electrons. The predicted octanol–water partition coefficient (Wildman–Crippen LogP) is 3.42. The minimum absolute atomic E-state index is 0.701. The lowest BCUT2D eigenvalue weighted by Gasteiger charge is -2.13. The Morgan fingerprint density at radius 3 is 2.35 bits per heavy atom. The summed E-state index contributed by atoms with van der Waals surface area (Å²) in [5, 5.41) is 19.7. The summed E-state index contributed by atoms with van der Waals surface area (Å²) in [7, 11) is 3.97. The number of nitrogens with zero attached hydrogens (tertiary/aromatic N) is 4. The van der Waals surface area contributed by atoms with Crippen LogP contribution in [0.3, 0.4) is 0 Å². The van der Waals surface area contributed by atoms with Crippen LogP contribution in [0.15, 0.2) is 46.9 Å². The minimum atomic E-state index is 0.701. The number of azo groups is 1. The Bertz CT molecular complexity index is 650. The average molecular weight is 270 g/mol. The van der Waals surface area contributed by atoms with Crippen molar-refractivity contribution >= 4 is 17.1 Å². The topological polar surface area (TPSA) is 54.9 Å². The molecule has 0 spiro atoms. The number of aryl methyl sites for hydroxylation is 2. The molecule has 2 rings (SSSR count). The highest BCUT2D eigenvalue weighted by molar-refractivity contribution is 5.58. The quantitative estimate of drug-likeness (QED) is 0.487. The van der Waals surface area contributed by atoms with Crippen LogP contribution in [0.25, 0.3) is 0 Å². The number of hydrogen-bond donors (Lipinski definition) is 0. The fourth-order valence-corrected chi connectivity index (χ4v) is 1.78. The van der Waals surface area contributed by atoms with E-state index < -0.39 is 0 Å². The van der Waals surface area contributed by atoms with E-state index in [1.165, 1.54) is 12.4 Å². The molecule has 5 nitrogen and oxygen atoms in total. The second kappa shape index (κ2) is 5.69. The lowest BCUT2D eigenvalue weighted by Crippen LogP contribution is -2.24. The molecule has 0 fully saturated rings. The normalized spacial score (nSPS) is 11.0. The molecule has 0 aliphatic heterocycles. The summed E-state index contributed by atoms with van der Waals surface area (Å²) in [5.74, 6) is 0. The second-order valence-corrected chi connectivity index (χ2v) is 4.94. The summed E-state index contributed by atoms with van der Waals surface area (Å²) >= 11 is 0. The molecular formula is C15H18N4O. The molecular weight excluding hydrogens is 252 g/mol. The Labute approximate surface area is 118 Å². The molecule has 0 bridgehead atoms. The van der Waals surface area contributed by atoms with Gasteiger partial charge in [0.2, 0.25) is 0 Å². The monoisotopic (exact) mass is 270 g/mol. The maximum absolute atomic E-state index is 11.1. The molecule has 2 aromatic rings. The van der Waals surface area contributed by atoms with E-state index in [1.807, 2.05) is 51.0 Å². The Kier molecular flexibility index (Phi) is 3.98. The third-order valence-corrected chi connectivity index (χ3v) is 3.08. The highest BCUT2D eigenvalue weighted by atomic mass is 16.5. The van der Waals surface area contributed by atoms with Gasteiger partial charge in [-0.2, -0.15) is 9.84 Å². The van der Waals surface area contributed by atoms with Crippen molar-refractivity contribution in [3.05, 3.63) is 53.0 Å². The van der Waals surface area contributed by atoms with Gasteiger partial charge in [0, 0.05) is 31.4 Å². The van der Waals surface area contributed by atoms with Gasteiger partial charge in [0.15, 0.2) is 12.4 Å². The van der Waals surface area contributed by atoms with Crippen LogP contribution in [-0.2, 0) is 0 Å². The summed E-state index contributed by atoms with van der Waals surface area (Å²) in [5.41, 5.74) is 4.47. The van der Waals surface area contributed by atoms with Gasteiger partial charge in [-0.1, -0.05) is 6.07 Å². The third-order valence-electron chi connectivity index (χ3n) is 3.08. The highest BCUT2D eigenvalue weighted by Gasteiger charge is 2.03. The summed E-state index contributed by atoms with van der Waals surface area (Å²) in [4.78, 5) is 2.02. The molecule has 0 saturated carbocycles. The minimum Gasteiger partial charge on any atom is -0.619 e. The van der Waals surface area contributed by atoms with E-state index in [0.717, 1.165) is 27.2 Å². The molecule has 0 unspecified atom stereocenters. The highest BCUT2D eigenvalue weighted by Crippen LogP contribution is 2.27. The molecule has 0 N–H and O–H groups in total. The van der Waals surface area contributed by atoms with Crippen molar-refractivity contribution in [3.8, 4) is 0 Å². The van der Waals surface area contributed by atoms with Crippen molar-refractivity contribution in [3.63, 3.8) is 0 Å². The van der Waals surface area contributed by atoms with Gasteiger partial charge in [-0.3, -0.25) is 0 Å². The van der Waals surface area contributed by atoms with Crippen LogP contribution in [0.2, 0.25) is 0 Å². The Morgan fingerprint density at radius 1 is 1.00 bits per heavy atom. The van der Waals surface area contributed by atoms with Gasteiger partial charge < -0.3 is 10.1 Å². The van der Waals surface area contributed by atoms with Gasteiger partial charge >= 0.3 is 0 Å². The van der Waals surface area contributed by atoms with Gasteiger partial charge in [0.1, 0.15) is 5.69 Å². The first-order valence-electron chi connectivity index (χ1n) is 6.36. The standard InChI is InChI=1S/C15H18N4O/c1-11-5-6-13(18(3)4)9-15(11)17-16-14-7-8-19(20)10-12(14)2/h5-10H,1-4H3. The Hall–Kier alpha value is -2.43. The first-order chi connectivity index (χ1) is 9.47. The molecule has 20 heavy (non-hydrogen) atoms. The number of rotatable bonds is 3. The van der Waals surface area contributed by atoms with E-state index in [4.69, 9.17) is 0 Å². The van der Waals surface area contributed by atoms with Crippen LogP contribution < -0.4 is 9.63 Å². The van der Waals surface area contributed by atoms with E-state index in [0.29, 0.717) is 5.69 Å². The number of aromatic nitrogens is 1. The molecule has 1 aromatic carbocycles. The first kappa shape index (κ1) is 14.0. The number of hydrogen-bond acceptors (Lipinski definition) is 4. The summed E-state index contributed by atoms with van der Waals surface area (Å²) in [6.45, 7) is 3.84. The van der Waals surface area contributed by atoms with Crippen molar-refractivity contribution in [1.29, 1.82) is 0 Å². The molecule has 104 valence electrons. The van der Waals surface area contributed by atoms with Crippen LogP contribution in [-0.4, -0.2) is 14.1 Å². The van der Waals surface area contributed by atoms with Crippen molar-refractivity contribution in [2.75, 3.05) is 19.0 Å². The molecule has 0 saturated heterocycles. The van der Waals surface area contributed by atoms with Crippen LogP contribution >= 0.6 is 0 Å². The zero-order valence-electron chi connectivity index (χ0n) is 12.2. The lowest BCUT2D eigenvalue weighted by molar-refractivity contribution is -0.605. The van der Waals surface area contributed by atoms with Crippen LogP contribution in [0, 0.1) is 19.1 Å². The summed E-state index contributed by atoms with van der Waals surface area (Å²) in [6, 6.07) is 7.72. The van der Waals surface area contributed by atoms with Crippen molar-refractivity contribution in [2.24, 2.45) is 10.2 Å².